The number of ether oxygens (including phenoxy) is 2. The van der Waals surface area contributed by atoms with Crippen molar-refractivity contribution in [3.63, 3.8) is 0 Å². The molecule has 0 heterocycles. The standard InChI is InChI=1S/C26H27NO7S/c1-33-24(29)26(25(30)34-2)14-20-22(28)13-17(23(20)35-18-9-4-3-5-10-18)12-16-8-6-7-11-19(16)21(26)15-27(31)32/h3-11,17,20-21,23H,12-15H2,1-2H3/t17-,20?,21-,23+/m0/s1. The van der Waals surface area contributed by atoms with Gasteiger partial charge in [-0.3, -0.25) is 24.5 Å². The number of esters is 2. The molecule has 0 aliphatic heterocycles. The number of fused-ring (bicyclic) bond motifs is 3. The number of carbonyl (C=O) groups is 3. The van der Waals surface area contributed by atoms with Crippen molar-refractivity contribution in [2.24, 2.45) is 17.3 Å². The maximum Gasteiger partial charge on any atom is 0.324 e. The van der Waals surface area contributed by atoms with Crippen LogP contribution in [0.2, 0.25) is 0 Å². The van der Waals surface area contributed by atoms with E-state index in [9.17, 15) is 24.5 Å². The lowest BCUT2D eigenvalue weighted by molar-refractivity contribution is -0.485. The molecule has 2 aromatic rings. The molecule has 1 unspecified atom stereocenters. The van der Waals surface area contributed by atoms with Crippen LogP contribution in [0.1, 0.15) is 29.9 Å². The van der Waals surface area contributed by atoms with Crippen molar-refractivity contribution in [1.29, 1.82) is 0 Å². The summed E-state index contributed by atoms with van der Waals surface area (Å²) in [5, 5.41) is 11.6. The van der Waals surface area contributed by atoms with Gasteiger partial charge in [-0.2, -0.15) is 0 Å². The van der Waals surface area contributed by atoms with E-state index in [0.717, 1.165) is 24.7 Å². The molecule has 35 heavy (non-hydrogen) atoms. The second kappa shape index (κ2) is 10.2. The molecular weight excluding hydrogens is 470 g/mol. The zero-order chi connectivity index (χ0) is 25.2. The van der Waals surface area contributed by atoms with Gasteiger partial charge in [0.15, 0.2) is 5.41 Å². The van der Waals surface area contributed by atoms with Crippen LogP contribution in [0.5, 0.6) is 0 Å². The summed E-state index contributed by atoms with van der Waals surface area (Å²) in [4.78, 5) is 52.5. The van der Waals surface area contributed by atoms with E-state index < -0.39 is 40.7 Å². The predicted molar refractivity (Wildman–Crippen MR) is 129 cm³/mol. The quantitative estimate of drug-likeness (QED) is 0.257. The Kier molecular flexibility index (Phi) is 7.25. The Balaban J connectivity index is 1.95. The van der Waals surface area contributed by atoms with E-state index >= 15 is 0 Å². The van der Waals surface area contributed by atoms with Gasteiger partial charge in [0.25, 0.3) is 0 Å². The summed E-state index contributed by atoms with van der Waals surface area (Å²) in [6.45, 7) is -0.677. The van der Waals surface area contributed by atoms with Gasteiger partial charge in [-0.15, -0.1) is 11.8 Å². The summed E-state index contributed by atoms with van der Waals surface area (Å²) in [6.07, 6.45) is 0.608. The van der Waals surface area contributed by atoms with Gasteiger partial charge in [-0.1, -0.05) is 42.5 Å². The molecule has 9 heteroatoms. The molecule has 2 aromatic carbocycles. The molecule has 0 saturated heterocycles. The topological polar surface area (TPSA) is 113 Å². The molecular formula is C26H27NO7S. The fourth-order valence-corrected chi connectivity index (χ4v) is 7.12. The molecule has 0 amide bonds. The number of benzene rings is 2. The Morgan fingerprint density at radius 3 is 2.29 bits per heavy atom. The minimum atomic E-state index is -2.04. The number of ketones is 1. The van der Waals surface area contributed by atoms with Gasteiger partial charge in [-0.25, -0.2) is 0 Å². The van der Waals surface area contributed by atoms with E-state index in [4.69, 9.17) is 9.47 Å². The highest BCUT2D eigenvalue weighted by Crippen LogP contribution is 2.53. The molecule has 0 aromatic heterocycles. The minimum Gasteiger partial charge on any atom is -0.468 e. The highest BCUT2D eigenvalue weighted by Gasteiger charge is 2.61. The van der Waals surface area contributed by atoms with Gasteiger partial charge in [0.1, 0.15) is 5.78 Å². The molecule has 4 rings (SSSR count). The van der Waals surface area contributed by atoms with Crippen molar-refractivity contribution < 1.29 is 28.8 Å². The van der Waals surface area contributed by atoms with Gasteiger partial charge < -0.3 is 9.47 Å². The third kappa shape index (κ3) is 4.57. The van der Waals surface area contributed by atoms with Crippen LogP contribution in [-0.2, 0) is 30.3 Å². The predicted octanol–water partition coefficient (Wildman–Crippen LogP) is 3.69. The molecule has 0 spiro atoms. The summed E-state index contributed by atoms with van der Waals surface area (Å²) in [7, 11) is 2.29. The number of hydrogen-bond acceptors (Lipinski definition) is 8. The minimum absolute atomic E-state index is 0.0544. The summed E-state index contributed by atoms with van der Waals surface area (Å²) in [5.41, 5.74) is -0.708. The lowest BCUT2D eigenvalue weighted by Crippen LogP contribution is -2.50. The molecule has 2 aliphatic rings. The largest absolute Gasteiger partial charge is 0.468 e. The lowest BCUT2D eigenvalue weighted by Gasteiger charge is -2.36. The van der Waals surface area contributed by atoms with Crippen LogP contribution in [0.25, 0.3) is 0 Å². The fourth-order valence-electron chi connectivity index (χ4n) is 5.69. The lowest BCUT2D eigenvalue weighted by atomic mass is 9.66. The number of hydrogen-bond donors (Lipinski definition) is 0. The first kappa shape index (κ1) is 24.9. The van der Waals surface area contributed by atoms with Gasteiger partial charge in [0, 0.05) is 27.4 Å². The van der Waals surface area contributed by atoms with E-state index in [1.807, 2.05) is 42.5 Å². The third-order valence-electron chi connectivity index (χ3n) is 7.23. The SMILES string of the molecule is COC(=O)C1(C(=O)OC)CC2C(=O)C[C@H](Cc3ccccc3[C@@H]1C[N+](=O)[O-])[C@H]2Sc1ccccc1. The molecule has 184 valence electrons. The van der Waals surface area contributed by atoms with Crippen LogP contribution < -0.4 is 0 Å². The van der Waals surface area contributed by atoms with Crippen LogP contribution in [0, 0.1) is 27.4 Å². The Hall–Kier alpha value is -3.20. The number of carbonyl (C=O) groups excluding carboxylic acids is 3. The Morgan fingerprint density at radius 2 is 1.66 bits per heavy atom. The van der Waals surface area contributed by atoms with E-state index in [0.29, 0.717) is 18.4 Å². The number of rotatable bonds is 6. The average molecular weight is 498 g/mol. The van der Waals surface area contributed by atoms with Crippen molar-refractivity contribution in [1.82, 2.24) is 0 Å². The first-order chi connectivity index (χ1) is 16.8. The number of thioether (sulfide) groups is 1. The molecule has 0 N–H and O–H groups in total. The van der Waals surface area contributed by atoms with Gasteiger partial charge in [-0.05, 0) is 42.0 Å². The summed E-state index contributed by atoms with van der Waals surface area (Å²) in [6, 6.07) is 16.8. The smallest absolute Gasteiger partial charge is 0.324 e. The van der Waals surface area contributed by atoms with E-state index in [1.165, 1.54) is 0 Å². The second-order valence-corrected chi connectivity index (χ2v) is 10.3. The van der Waals surface area contributed by atoms with Crippen LogP contribution in [0.15, 0.2) is 59.5 Å². The Morgan fingerprint density at radius 1 is 1.03 bits per heavy atom. The molecule has 8 nitrogen and oxygen atoms in total. The zero-order valence-corrected chi connectivity index (χ0v) is 20.4. The van der Waals surface area contributed by atoms with E-state index in [1.54, 1.807) is 23.9 Å². The molecule has 1 saturated carbocycles. The number of nitro groups is 1. The van der Waals surface area contributed by atoms with Crippen molar-refractivity contribution in [3.8, 4) is 0 Å². The van der Waals surface area contributed by atoms with Crippen molar-refractivity contribution in [3.05, 3.63) is 75.8 Å². The van der Waals surface area contributed by atoms with Gasteiger partial charge >= 0.3 is 11.9 Å². The molecule has 1 fully saturated rings. The third-order valence-corrected chi connectivity index (χ3v) is 8.76. The number of methoxy groups -OCH3 is 2. The average Bonchev–Trinajstić information content (AvgIpc) is 3.15. The van der Waals surface area contributed by atoms with Crippen molar-refractivity contribution in [2.75, 3.05) is 20.8 Å². The monoisotopic (exact) mass is 497 g/mol. The molecule has 2 bridgehead atoms. The molecule has 4 atom stereocenters. The van der Waals surface area contributed by atoms with Crippen LogP contribution >= 0.6 is 11.8 Å². The highest BCUT2D eigenvalue weighted by atomic mass is 32.2. The van der Waals surface area contributed by atoms with Gasteiger partial charge in [0.2, 0.25) is 6.54 Å². The maximum atomic E-state index is 13.5. The molecule has 2 aliphatic carbocycles. The maximum absolute atomic E-state index is 13.5. The summed E-state index contributed by atoms with van der Waals surface area (Å²) >= 11 is 1.55. The van der Waals surface area contributed by atoms with Crippen molar-refractivity contribution in [2.45, 2.75) is 35.3 Å². The van der Waals surface area contributed by atoms with Crippen LogP contribution in [0.4, 0.5) is 0 Å². The Labute approximate surface area is 207 Å². The first-order valence-corrected chi connectivity index (χ1v) is 12.3. The number of Topliss-reactive ketones (excluding diaryl/α,β-unsaturated/α-hetero) is 1. The fraction of sp³-hybridized carbons (Fsp3) is 0.423. The van der Waals surface area contributed by atoms with Gasteiger partial charge in [0.05, 0.1) is 20.1 Å². The molecule has 0 radical (unpaired) electrons. The van der Waals surface area contributed by atoms with E-state index in [2.05, 4.69) is 0 Å². The van der Waals surface area contributed by atoms with Crippen molar-refractivity contribution >= 4 is 29.5 Å². The second-order valence-electron chi connectivity index (χ2n) is 9.06. The first-order valence-electron chi connectivity index (χ1n) is 11.4. The zero-order valence-electron chi connectivity index (χ0n) is 19.5. The summed E-state index contributed by atoms with van der Waals surface area (Å²) < 4.78 is 10.2. The Bertz CT molecular complexity index is 1120. The number of nitrogens with zero attached hydrogens (tertiary/aromatic N) is 1. The van der Waals surface area contributed by atoms with Crippen LogP contribution in [-0.4, -0.2) is 48.7 Å². The van der Waals surface area contributed by atoms with E-state index in [-0.39, 0.29) is 23.4 Å². The normalized spacial score (nSPS) is 24.9. The summed E-state index contributed by atoms with van der Waals surface area (Å²) in [5.74, 6) is -3.78. The van der Waals surface area contributed by atoms with Crippen LogP contribution in [0.3, 0.4) is 0 Å². The highest BCUT2D eigenvalue weighted by molar-refractivity contribution is 8.00.